The molecule has 2 rings (SSSR count). The minimum absolute atomic E-state index is 0.0245. The predicted molar refractivity (Wildman–Crippen MR) is 102 cm³/mol. The summed E-state index contributed by atoms with van der Waals surface area (Å²) in [7, 11) is 0. The number of nitrogens with zero attached hydrogens (tertiary/aromatic N) is 1. The van der Waals surface area contributed by atoms with E-state index < -0.39 is 5.60 Å². The Morgan fingerprint density at radius 3 is 2.85 bits per heavy atom. The van der Waals surface area contributed by atoms with Crippen LogP contribution >= 0.6 is 0 Å². The Labute approximate surface area is 156 Å². The van der Waals surface area contributed by atoms with Gasteiger partial charge in [-0.25, -0.2) is 0 Å². The number of carbonyl (C=O) groups excluding carboxylic acids is 1. The molecular weight excluding hydrogens is 328 g/mol. The first-order valence-corrected chi connectivity index (χ1v) is 9.56. The smallest absolute Gasteiger partial charge is 0.256 e. The Morgan fingerprint density at radius 1 is 1.46 bits per heavy atom. The van der Waals surface area contributed by atoms with Crippen LogP contribution < -0.4 is 10.1 Å². The maximum Gasteiger partial charge on any atom is 0.256 e. The minimum atomic E-state index is -0.798. The van der Waals surface area contributed by atoms with E-state index in [0.717, 1.165) is 32.1 Å². The standard InChI is InChI=1S/C21H30N2O3/c1-5-11-25-21(10-6-7-16(4)13-21)20(24)23-19-9-8-18(26-15(2)3)12-17(19)14-22/h8-9,12,15-16H,5-7,10-11,13H2,1-4H3,(H,23,24)/t16-,21-/m0/s1. The summed E-state index contributed by atoms with van der Waals surface area (Å²) in [6.07, 6.45) is 4.43. The molecule has 26 heavy (non-hydrogen) atoms. The second-order valence-electron chi connectivity index (χ2n) is 7.48. The molecule has 1 aromatic carbocycles. The summed E-state index contributed by atoms with van der Waals surface area (Å²) in [4.78, 5) is 13.1. The topological polar surface area (TPSA) is 71.3 Å². The maximum absolute atomic E-state index is 13.1. The van der Waals surface area contributed by atoms with Gasteiger partial charge in [-0.05, 0) is 57.6 Å². The summed E-state index contributed by atoms with van der Waals surface area (Å²) >= 11 is 0. The summed E-state index contributed by atoms with van der Waals surface area (Å²) < 4.78 is 11.7. The van der Waals surface area contributed by atoms with Crippen molar-refractivity contribution in [3.63, 3.8) is 0 Å². The molecule has 0 heterocycles. The molecule has 1 fully saturated rings. The molecular formula is C21H30N2O3. The molecule has 5 heteroatoms. The highest BCUT2D eigenvalue weighted by atomic mass is 16.5. The zero-order chi connectivity index (χ0) is 19.2. The van der Waals surface area contributed by atoms with Gasteiger partial charge in [-0.2, -0.15) is 5.26 Å². The summed E-state index contributed by atoms with van der Waals surface area (Å²) in [5.41, 5.74) is 0.102. The van der Waals surface area contributed by atoms with Crippen LogP contribution in [0.5, 0.6) is 5.75 Å². The summed E-state index contributed by atoms with van der Waals surface area (Å²) in [6.45, 7) is 8.63. The number of nitriles is 1. The third-order valence-electron chi connectivity index (χ3n) is 4.68. The van der Waals surface area contributed by atoms with Crippen LogP contribution in [0, 0.1) is 17.2 Å². The molecule has 0 aromatic heterocycles. The zero-order valence-corrected chi connectivity index (χ0v) is 16.3. The van der Waals surface area contributed by atoms with E-state index in [-0.39, 0.29) is 12.0 Å². The molecule has 1 aromatic rings. The fraction of sp³-hybridized carbons (Fsp3) is 0.619. The van der Waals surface area contributed by atoms with Crippen molar-refractivity contribution < 1.29 is 14.3 Å². The van der Waals surface area contributed by atoms with Crippen molar-refractivity contribution in [2.75, 3.05) is 11.9 Å². The van der Waals surface area contributed by atoms with Crippen LogP contribution in [0.15, 0.2) is 18.2 Å². The third kappa shape index (κ3) is 4.98. The molecule has 0 saturated heterocycles. The van der Waals surface area contributed by atoms with E-state index in [9.17, 15) is 10.1 Å². The Hall–Kier alpha value is -2.06. The van der Waals surface area contributed by atoms with E-state index in [0.29, 0.717) is 29.5 Å². The van der Waals surface area contributed by atoms with Gasteiger partial charge in [-0.3, -0.25) is 4.79 Å². The van der Waals surface area contributed by atoms with E-state index in [2.05, 4.69) is 18.3 Å². The van der Waals surface area contributed by atoms with Crippen LogP contribution in [-0.4, -0.2) is 24.2 Å². The van der Waals surface area contributed by atoms with Gasteiger partial charge in [0.2, 0.25) is 0 Å². The first-order valence-electron chi connectivity index (χ1n) is 9.56. The van der Waals surface area contributed by atoms with Gasteiger partial charge >= 0.3 is 0 Å². The molecule has 2 atom stereocenters. The Kier molecular flexibility index (Phi) is 7.05. The molecule has 0 spiro atoms. The van der Waals surface area contributed by atoms with Gasteiger partial charge in [-0.15, -0.1) is 0 Å². The third-order valence-corrected chi connectivity index (χ3v) is 4.68. The van der Waals surface area contributed by atoms with Crippen molar-refractivity contribution in [2.45, 2.75) is 71.5 Å². The lowest BCUT2D eigenvalue weighted by Gasteiger charge is -2.38. The fourth-order valence-electron chi connectivity index (χ4n) is 3.51. The maximum atomic E-state index is 13.1. The Bertz CT molecular complexity index is 666. The van der Waals surface area contributed by atoms with Crippen LogP contribution in [0.2, 0.25) is 0 Å². The van der Waals surface area contributed by atoms with Gasteiger partial charge in [0, 0.05) is 12.7 Å². The number of hydrogen-bond acceptors (Lipinski definition) is 4. The number of amides is 1. The number of hydrogen-bond donors (Lipinski definition) is 1. The van der Waals surface area contributed by atoms with Crippen molar-refractivity contribution in [3.8, 4) is 11.8 Å². The number of carbonyl (C=O) groups is 1. The lowest BCUT2D eigenvalue weighted by Crippen LogP contribution is -2.48. The summed E-state index contributed by atoms with van der Waals surface area (Å²) in [5, 5.41) is 12.4. The lowest BCUT2D eigenvalue weighted by atomic mass is 9.78. The van der Waals surface area contributed by atoms with Crippen LogP contribution in [0.1, 0.15) is 65.4 Å². The van der Waals surface area contributed by atoms with E-state index in [1.807, 2.05) is 20.8 Å². The van der Waals surface area contributed by atoms with Crippen LogP contribution in [0.3, 0.4) is 0 Å². The highest BCUT2D eigenvalue weighted by molar-refractivity contribution is 5.98. The molecule has 1 amide bonds. The Balaban J connectivity index is 2.21. The van der Waals surface area contributed by atoms with E-state index >= 15 is 0 Å². The Morgan fingerprint density at radius 2 is 2.23 bits per heavy atom. The van der Waals surface area contributed by atoms with Crippen molar-refractivity contribution in [3.05, 3.63) is 23.8 Å². The first-order chi connectivity index (χ1) is 12.4. The monoisotopic (exact) mass is 358 g/mol. The van der Waals surface area contributed by atoms with Gasteiger partial charge < -0.3 is 14.8 Å². The largest absolute Gasteiger partial charge is 0.491 e. The van der Waals surface area contributed by atoms with Gasteiger partial charge in [0.05, 0.1) is 17.4 Å². The molecule has 0 aliphatic heterocycles. The molecule has 142 valence electrons. The number of ether oxygens (including phenoxy) is 2. The number of nitrogens with one attached hydrogen (secondary N) is 1. The van der Waals surface area contributed by atoms with Crippen LogP contribution in [-0.2, 0) is 9.53 Å². The average molecular weight is 358 g/mol. The van der Waals surface area contributed by atoms with Gasteiger partial charge in [0.1, 0.15) is 17.4 Å². The molecule has 0 unspecified atom stereocenters. The normalized spacial score (nSPS) is 22.7. The lowest BCUT2D eigenvalue weighted by molar-refractivity contribution is -0.148. The molecule has 1 N–H and O–H groups in total. The highest BCUT2D eigenvalue weighted by Crippen LogP contribution is 2.37. The SMILES string of the molecule is CCCO[C@@]1(C(=O)Nc2ccc(OC(C)C)cc2C#N)CCC[C@H](C)C1. The highest BCUT2D eigenvalue weighted by Gasteiger charge is 2.42. The molecule has 1 aliphatic carbocycles. The molecule has 5 nitrogen and oxygen atoms in total. The van der Waals surface area contributed by atoms with Crippen molar-refractivity contribution >= 4 is 11.6 Å². The second kappa shape index (κ2) is 9.05. The minimum Gasteiger partial charge on any atom is -0.491 e. The molecule has 1 saturated carbocycles. The average Bonchev–Trinajstić information content (AvgIpc) is 2.60. The number of benzene rings is 1. The van der Waals surface area contributed by atoms with Crippen molar-refractivity contribution in [2.24, 2.45) is 5.92 Å². The number of anilines is 1. The fourth-order valence-corrected chi connectivity index (χ4v) is 3.51. The van der Waals surface area contributed by atoms with Crippen molar-refractivity contribution in [1.29, 1.82) is 5.26 Å². The molecule has 0 radical (unpaired) electrons. The predicted octanol–water partition coefficient (Wildman–Crippen LogP) is 4.66. The van der Waals surface area contributed by atoms with E-state index in [4.69, 9.17) is 9.47 Å². The quantitative estimate of drug-likeness (QED) is 0.769. The van der Waals surface area contributed by atoms with E-state index in [1.165, 1.54) is 0 Å². The van der Waals surface area contributed by atoms with Gasteiger partial charge in [-0.1, -0.05) is 20.3 Å². The van der Waals surface area contributed by atoms with Gasteiger partial charge in [0.25, 0.3) is 5.91 Å². The van der Waals surface area contributed by atoms with Crippen molar-refractivity contribution in [1.82, 2.24) is 0 Å². The van der Waals surface area contributed by atoms with Crippen LogP contribution in [0.4, 0.5) is 5.69 Å². The van der Waals surface area contributed by atoms with Crippen LogP contribution in [0.25, 0.3) is 0 Å². The van der Waals surface area contributed by atoms with Gasteiger partial charge in [0.15, 0.2) is 0 Å². The first kappa shape index (κ1) is 20.3. The summed E-state index contributed by atoms with van der Waals surface area (Å²) in [5.74, 6) is 0.924. The summed E-state index contributed by atoms with van der Waals surface area (Å²) in [6, 6.07) is 7.32. The van der Waals surface area contributed by atoms with E-state index in [1.54, 1.807) is 18.2 Å². The zero-order valence-electron chi connectivity index (χ0n) is 16.3. The second-order valence-corrected chi connectivity index (χ2v) is 7.48. The molecule has 1 aliphatic rings. The number of rotatable bonds is 7. The molecule has 0 bridgehead atoms.